The number of aliphatic carboxylic acids is 1. The molecule has 0 aromatic rings. The lowest BCUT2D eigenvalue weighted by atomic mass is 10.1. The molecule has 5 heteroatoms. The van der Waals surface area contributed by atoms with Crippen LogP contribution in [0.4, 0.5) is 0 Å². The van der Waals surface area contributed by atoms with E-state index in [9.17, 15) is 14.7 Å². The standard InChI is InChI=1S/C12H23NO4/c1-4-6-11(15)13(10(5-2)8-14)7-9(3)12(16)17/h9-10,14H,4-8H2,1-3H3,(H,16,17). The second kappa shape index (κ2) is 8.06. The number of carboxylic acid groups (broad SMARTS) is 1. The first kappa shape index (κ1) is 15.9. The Kier molecular flexibility index (Phi) is 7.54. The second-order valence-corrected chi connectivity index (χ2v) is 4.28. The zero-order valence-electron chi connectivity index (χ0n) is 10.8. The first-order chi connectivity index (χ1) is 7.97. The highest BCUT2D eigenvalue weighted by atomic mass is 16.4. The highest BCUT2D eigenvalue weighted by Gasteiger charge is 2.25. The van der Waals surface area contributed by atoms with Crippen molar-refractivity contribution in [3.8, 4) is 0 Å². The smallest absolute Gasteiger partial charge is 0.308 e. The molecule has 0 fully saturated rings. The molecule has 5 nitrogen and oxygen atoms in total. The van der Waals surface area contributed by atoms with Crippen molar-refractivity contribution in [3.05, 3.63) is 0 Å². The Balaban J connectivity index is 4.71. The van der Waals surface area contributed by atoms with Gasteiger partial charge >= 0.3 is 5.97 Å². The first-order valence-electron chi connectivity index (χ1n) is 6.10. The zero-order chi connectivity index (χ0) is 13.4. The van der Waals surface area contributed by atoms with Crippen LogP contribution in [-0.4, -0.2) is 46.2 Å². The van der Waals surface area contributed by atoms with Crippen molar-refractivity contribution in [2.75, 3.05) is 13.2 Å². The van der Waals surface area contributed by atoms with E-state index in [2.05, 4.69) is 0 Å². The Morgan fingerprint density at radius 1 is 1.29 bits per heavy atom. The van der Waals surface area contributed by atoms with Gasteiger partial charge in [0.15, 0.2) is 0 Å². The van der Waals surface area contributed by atoms with E-state index in [1.165, 1.54) is 4.90 Å². The summed E-state index contributed by atoms with van der Waals surface area (Å²) >= 11 is 0. The highest BCUT2D eigenvalue weighted by molar-refractivity contribution is 5.77. The van der Waals surface area contributed by atoms with Gasteiger partial charge in [-0.3, -0.25) is 9.59 Å². The van der Waals surface area contributed by atoms with Gasteiger partial charge in [-0.2, -0.15) is 0 Å². The summed E-state index contributed by atoms with van der Waals surface area (Å²) in [4.78, 5) is 24.2. The Hall–Kier alpha value is -1.10. The maximum Gasteiger partial charge on any atom is 0.308 e. The molecule has 17 heavy (non-hydrogen) atoms. The number of carbonyl (C=O) groups excluding carboxylic acids is 1. The lowest BCUT2D eigenvalue weighted by Crippen LogP contribution is -2.45. The van der Waals surface area contributed by atoms with Crippen molar-refractivity contribution < 1.29 is 19.8 Å². The predicted octanol–water partition coefficient (Wildman–Crippen LogP) is 1.11. The molecular weight excluding hydrogens is 222 g/mol. The van der Waals surface area contributed by atoms with Crippen LogP contribution >= 0.6 is 0 Å². The molecule has 2 N–H and O–H groups in total. The van der Waals surface area contributed by atoms with Gasteiger partial charge in [0.1, 0.15) is 0 Å². The molecule has 0 aromatic carbocycles. The number of aliphatic hydroxyl groups excluding tert-OH is 1. The molecule has 100 valence electrons. The van der Waals surface area contributed by atoms with Gasteiger partial charge in [-0.25, -0.2) is 0 Å². The van der Waals surface area contributed by atoms with Crippen LogP contribution in [0.25, 0.3) is 0 Å². The lowest BCUT2D eigenvalue weighted by molar-refractivity contribution is -0.144. The number of amides is 1. The molecule has 2 atom stereocenters. The predicted molar refractivity (Wildman–Crippen MR) is 64.6 cm³/mol. The van der Waals surface area contributed by atoms with Crippen LogP contribution in [0.2, 0.25) is 0 Å². The number of nitrogens with zero attached hydrogens (tertiary/aromatic N) is 1. The first-order valence-corrected chi connectivity index (χ1v) is 6.10. The number of rotatable bonds is 8. The van der Waals surface area contributed by atoms with E-state index in [0.29, 0.717) is 12.8 Å². The van der Waals surface area contributed by atoms with Gasteiger partial charge in [0.25, 0.3) is 0 Å². The van der Waals surface area contributed by atoms with E-state index in [4.69, 9.17) is 5.11 Å². The van der Waals surface area contributed by atoms with E-state index in [1.807, 2.05) is 13.8 Å². The van der Waals surface area contributed by atoms with E-state index >= 15 is 0 Å². The summed E-state index contributed by atoms with van der Waals surface area (Å²) in [6, 6.07) is -0.282. The minimum absolute atomic E-state index is 0.0819. The molecule has 0 aliphatic rings. The van der Waals surface area contributed by atoms with Gasteiger partial charge in [-0.15, -0.1) is 0 Å². The summed E-state index contributed by atoms with van der Waals surface area (Å²) in [5.74, 6) is -1.62. The summed E-state index contributed by atoms with van der Waals surface area (Å²) in [5.41, 5.74) is 0. The maximum atomic E-state index is 11.9. The number of aliphatic hydroxyl groups is 1. The summed E-state index contributed by atoms with van der Waals surface area (Å²) < 4.78 is 0. The van der Waals surface area contributed by atoms with Gasteiger partial charge in [0.05, 0.1) is 18.6 Å². The van der Waals surface area contributed by atoms with Crippen LogP contribution in [0.3, 0.4) is 0 Å². The van der Waals surface area contributed by atoms with Gasteiger partial charge in [-0.05, 0) is 12.8 Å². The third kappa shape index (κ3) is 5.17. The summed E-state index contributed by atoms with van der Waals surface area (Å²) in [7, 11) is 0. The lowest BCUT2D eigenvalue weighted by Gasteiger charge is -2.31. The molecule has 2 unspecified atom stereocenters. The van der Waals surface area contributed by atoms with E-state index in [-0.39, 0.29) is 25.1 Å². The quantitative estimate of drug-likeness (QED) is 0.671. The number of hydrogen-bond donors (Lipinski definition) is 2. The minimum atomic E-state index is -0.924. The van der Waals surface area contributed by atoms with E-state index in [0.717, 1.165) is 6.42 Å². The van der Waals surface area contributed by atoms with Crippen LogP contribution < -0.4 is 0 Å². The average Bonchev–Trinajstić information content (AvgIpc) is 2.29. The fourth-order valence-corrected chi connectivity index (χ4v) is 1.63. The summed E-state index contributed by atoms with van der Waals surface area (Å²) in [6.07, 6.45) is 1.74. The molecule has 0 heterocycles. The number of hydrogen-bond acceptors (Lipinski definition) is 3. The Labute approximate surface area is 102 Å². The van der Waals surface area contributed by atoms with Gasteiger partial charge in [0, 0.05) is 13.0 Å². The second-order valence-electron chi connectivity index (χ2n) is 4.28. The van der Waals surface area contributed by atoms with Crippen LogP contribution in [0.1, 0.15) is 40.0 Å². The van der Waals surface area contributed by atoms with Gasteiger partial charge in [0.2, 0.25) is 5.91 Å². The van der Waals surface area contributed by atoms with Gasteiger partial charge in [-0.1, -0.05) is 20.8 Å². The Bertz CT molecular complexity index is 251. The third-order valence-corrected chi connectivity index (χ3v) is 2.80. The van der Waals surface area contributed by atoms with Crippen molar-refractivity contribution in [1.82, 2.24) is 4.90 Å². The Morgan fingerprint density at radius 3 is 2.24 bits per heavy atom. The van der Waals surface area contributed by atoms with E-state index < -0.39 is 11.9 Å². The Morgan fingerprint density at radius 2 is 1.88 bits per heavy atom. The molecule has 0 saturated heterocycles. The molecule has 0 saturated carbocycles. The van der Waals surface area contributed by atoms with Crippen molar-refractivity contribution in [1.29, 1.82) is 0 Å². The molecule has 0 aliphatic carbocycles. The number of carboxylic acids is 1. The van der Waals surface area contributed by atoms with Crippen molar-refractivity contribution in [2.24, 2.45) is 5.92 Å². The number of carbonyl (C=O) groups is 2. The van der Waals surface area contributed by atoms with Crippen LogP contribution in [0.5, 0.6) is 0 Å². The average molecular weight is 245 g/mol. The summed E-state index contributed by atoms with van der Waals surface area (Å²) in [6.45, 7) is 5.37. The van der Waals surface area contributed by atoms with Crippen LogP contribution in [-0.2, 0) is 9.59 Å². The van der Waals surface area contributed by atoms with Crippen molar-refractivity contribution >= 4 is 11.9 Å². The molecule has 0 aromatic heterocycles. The normalized spacial score (nSPS) is 14.1. The van der Waals surface area contributed by atoms with Crippen molar-refractivity contribution in [2.45, 2.75) is 46.1 Å². The van der Waals surface area contributed by atoms with Crippen molar-refractivity contribution in [3.63, 3.8) is 0 Å². The largest absolute Gasteiger partial charge is 0.481 e. The van der Waals surface area contributed by atoms with Crippen LogP contribution in [0.15, 0.2) is 0 Å². The molecule has 0 rings (SSSR count). The fraction of sp³-hybridized carbons (Fsp3) is 0.833. The molecule has 0 spiro atoms. The van der Waals surface area contributed by atoms with E-state index in [1.54, 1.807) is 6.92 Å². The van der Waals surface area contributed by atoms with Gasteiger partial charge < -0.3 is 15.1 Å². The zero-order valence-corrected chi connectivity index (χ0v) is 10.8. The SMILES string of the molecule is CCCC(=O)N(CC(C)C(=O)O)C(CC)CO. The molecule has 0 radical (unpaired) electrons. The monoisotopic (exact) mass is 245 g/mol. The molecule has 0 bridgehead atoms. The summed E-state index contributed by atoms with van der Waals surface area (Å²) in [5, 5.41) is 18.1. The third-order valence-electron chi connectivity index (χ3n) is 2.80. The minimum Gasteiger partial charge on any atom is -0.481 e. The topological polar surface area (TPSA) is 77.8 Å². The molecule has 1 amide bonds. The molecule has 0 aliphatic heterocycles. The van der Waals surface area contributed by atoms with Crippen LogP contribution in [0, 0.1) is 5.92 Å². The molecular formula is C12H23NO4. The fourth-order valence-electron chi connectivity index (χ4n) is 1.63. The highest BCUT2D eigenvalue weighted by Crippen LogP contribution is 2.11. The maximum absolute atomic E-state index is 11.9.